The van der Waals surface area contributed by atoms with E-state index in [0.717, 1.165) is 32.5 Å². The molecule has 0 bridgehead atoms. The lowest BCUT2D eigenvalue weighted by Gasteiger charge is -2.23. The van der Waals surface area contributed by atoms with Gasteiger partial charge in [-0.1, -0.05) is 0 Å². The number of aromatic nitrogens is 1. The maximum Gasteiger partial charge on any atom is 0.273 e. The first-order valence-corrected chi connectivity index (χ1v) is 9.84. The third-order valence-corrected chi connectivity index (χ3v) is 5.98. The number of nitrogens with zero attached hydrogens (tertiary/aromatic N) is 3. The third-order valence-electron chi connectivity index (χ3n) is 5.39. The predicted molar refractivity (Wildman–Crippen MR) is 91.3 cm³/mol. The average molecular weight is 351 g/mol. The van der Waals surface area contributed by atoms with Crippen LogP contribution in [0.5, 0.6) is 0 Å². The van der Waals surface area contributed by atoms with E-state index in [1.165, 1.54) is 37.3 Å². The molecule has 0 radical (unpaired) electrons. The lowest BCUT2D eigenvalue weighted by atomic mass is 9.98. The Bertz CT molecular complexity index is 561. The number of ether oxygens (including phenoxy) is 2. The van der Waals surface area contributed by atoms with Gasteiger partial charge in [0.05, 0.1) is 37.0 Å². The van der Waals surface area contributed by atoms with Crippen LogP contribution in [0.4, 0.5) is 0 Å². The fraction of sp³-hybridized carbons (Fsp3) is 0.765. The Morgan fingerprint density at radius 2 is 2.29 bits per heavy atom. The normalized spacial score (nSPS) is 30.7. The zero-order chi connectivity index (χ0) is 16.4. The molecule has 0 N–H and O–H groups in total. The second-order valence-electron chi connectivity index (χ2n) is 7.09. The van der Waals surface area contributed by atoms with Crippen molar-refractivity contribution in [2.24, 2.45) is 0 Å². The van der Waals surface area contributed by atoms with Gasteiger partial charge in [0.1, 0.15) is 5.69 Å². The minimum absolute atomic E-state index is 0.0233. The van der Waals surface area contributed by atoms with E-state index in [4.69, 9.17) is 9.47 Å². The lowest BCUT2D eigenvalue weighted by Crippen LogP contribution is -2.36. The molecule has 1 amide bonds. The summed E-state index contributed by atoms with van der Waals surface area (Å²) >= 11 is 1.46. The Kier molecular flexibility index (Phi) is 4.85. The summed E-state index contributed by atoms with van der Waals surface area (Å²) in [5.74, 6) is 0.0233. The molecule has 0 aliphatic carbocycles. The Balaban J connectivity index is 1.24. The Hall–Kier alpha value is -1.02. The summed E-state index contributed by atoms with van der Waals surface area (Å²) in [6, 6.07) is 0. The van der Waals surface area contributed by atoms with Crippen molar-refractivity contribution in [2.45, 2.75) is 37.4 Å². The van der Waals surface area contributed by atoms with Gasteiger partial charge in [-0.05, 0) is 32.4 Å². The van der Waals surface area contributed by atoms with E-state index in [1.54, 1.807) is 5.51 Å². The minimum Gasteiger partial charge on any atom is -0.374 e. The first-order chi connectivity index (χ1) is 11.7. The van der Waals surface area contributed by atoms with Gasteiger partial charge < -0.3 is 19.3 Å². The summed E-state index contributed by atoms with van der Waals surface area (Å²) in [6.45, 7) is 6.29. The summed E-state index contributed by atoms with van der Waals surface area (Å²) in [5.41, 5.74) is 2.05. The van der Waals surface area contributed by atoms with Crippen molar-refractivity contribution in [1.29, 1.82) is 0 Å². The molecule has 3 aliphatic heterocycles. The van der Waals surface area contributed by atoms with Crippen LogP contribution >= 0.6 is 11.3 Å². The molecule has 1 aromatic rings. The number of hydrogen-bond acceptors (Lipinski definition) is 6. The Morgan fingerprint density at radius 3 is 3.08 bits per heavy atom. The predicted octanol–water partition coefficient (Wildman–Crippen LogP) is 1.63. The van der Waals surface area contributed by atoms with Crippen LogP contribution < -0.4 is 0 Å². The number of amides is 1. The average Bonchev–Trinajstić information content (AvgIpc) is 3.37. The van der Waals surface area contributed by atoms with Gasteiger partial charge in [0.15, 0.2) is 0 Å². The monoisotopic (exact) mass is 351 g/mol. The Morgan fingerprint density at radius 1 is 1.42 bits per heavy atom. The molecule has 4 heterocycles. The number of carbonyl (C=O) groups is 1. The van der Waals surface area contributed by atoms with Crippen molar-refractivity contribution in [2.75, 3.05) is 45.9 Å². The van der Waals surface area contributed by atoms with Gasteiger partial charge in [-0.25, -0.2) is 4.98 Å². The molecule has 24 heavy (non-hydrogen) atoms. The molecule has 1 spiro atoms. The van der Waals surface area contributed by atoms with Crippen molar-refractivity contribution >= 4 is 17.2 Å². The highest BCUT2D eigenvalue weighted by Gasteiger charge is 2.47. The number of rotatable bonds is 5. The van der Waals surface area contributed by atoms with Gasteiger partial charge in [0.25, 0.3) is 5.91 Å². The van der Waals surface area contributed by atoms with Gasteiger partial charge in [0.2, 0.25) is 0 Å². The highest BCUT2D eigenvalue weighted by molar-refractivity contribution is 7.07. The topological polar surface area (TPSA) is 54.9 Å². The molecular weight excluding hydrogens is 326 g/mol. The van der Waals surface area contributed by atoms with Crippen LogP contribution in [-0.2, 0) is 9.47 Å². The van der Waals surface area contributed by atoms with Gasteiger partial charge in [-0.3, -0.25) is 4.79 Å². The maximum atomic E-state index is 12.4. The largest absolute Gasteiger partial charge is 0.374 e. The Labute approximate surface area is 146 Å². The zero-order valence-corrected chi connectivity index (χ0v) is 14.8. The SMILES string of the molecule is O=C(c1cscn1)N1CC[C@]2(C[C@@H](OCCN3CCCC3)CO2)C1. The van der Waals surface area contributed by atoms with Crippen LogP contribution in [-0.4, -0.2) is 78.3 Å². The number of carbonyl (C=O) groups excluding carboxylic acids is 1. The molecule has 0 unspecified atom stereocenters. The summed E-state index contributed by atoms with van der Waals surface area (Å²) in [5, 5.41) is 1.81. The molecule has 6 nitrogen and oxygen atoms in total. The van der Waals surface area contributed by atoms with E-state index in [9.17, 15) is 4.79 Å². The second kappa shape index (κ2) is 7.07. The molecule has 3 fully saturated rings. The van der Waals surface area contributed by atoms with E-state index in [1.807, 2.05) is 10.3 Å². The second-order valence-corrected chi connectivity index (χ2v) is 7.81. The molecular formula is C17H25N3O3S. The minimum atomic E-state index is -0.204. The first kappa shape index (κ1) is 16.4. The van der Waals surface area contributed by atoms with E-state index in [2.05, 4.69) is 9.88 Å². The first-order valence-electron chi connectivity index (χ1n) is 8.90. The molecule has 3 saturated heterocycles. The van der Waals surface area contributed by atoms with Crippen molar-refractivity contribution in [3.05, 3.63) is 16.6 Å². The molecule has 0 aromatic carbocycles. The van der Waals surface area contributed by atoms with Crippen molar-refractivity contribution in [1.82, 2.24) is 14.8 Å². The van der Waals surface area contributed by atoms with Crippen molar-refractivity contribution < 1.29 is 14.3 Å². The fourth-order valence-electron chi connectivity index (χ4n) is 4.05. The maximum absolute atomic E-state index is 12.4. The highest BCUT2D eigenvalue weighted by Crippen LogP contribution is 2.36. The molecule has 3 aliphatic rings. The van der Waals surface area contributed by atoms with Crippen molar-refractivity contribution in [3.8, 4) is 0 Å². The van der Waals surface area contributed by atoms with E-state index in [-0.39, 0.29) is 17.6 Å². The van der Waals surface area contributed by atoms with Crippen LogP contribution in [0, 0.1) is 0 Å². The smallest absolute Gasteiger partial charge is 0.273 e. The van der Waals surface area contributed by atoms with Gasteiger partial charge in [-0.15, -0.1) is 11.3 Å². The molecule has 0 saturated carbocycles. The summed E-state index contributed by atoms with van der Waals surface area (Å²) in [7, 11) is 0. The zero-order valence-electron chi connectivity index (χ0n) is 14.0. The molecule has 2 atom stereocenters. The van der Waals surface area contributed by atoms with E-state index < -0.39 is 0 Å². The van der Waals surface area contributed by atoms with Crippen LogP contribution in [0.1, 0.15) is 36.2 Å². The molecule has 1 aromatic heterocycles. The third kappa shape index (κ3) is 3.49. The summed E-state index contributed by atoms with van der Waals surface area (Å²) in [6.07, 6.45) is 4.60. The molecule has 4 rings (SSSR count). The summed E-state index contributed by atoms with van der Waals surface area (Å²) < 4.78 is 12.1. The van der Waals surface area contributed by atoms with E-state index >= 15 is 0 Å². The lowest BCUT2D eigenvalue weighted by molar-refractivity contribution is 0.000972. The van der Waals surface area contributed by atoms with Gasteiger partial charge >= 0.3 is 0 Å². The molecule has 7 heteroatoms. The quantitative estimate of drug-likeness (QED) is 0.807. The number of hydrogen-bond donors (Lipinski definition) is 0. The van der Waals surface area contributed by atoms with Crippen molar-refractivity contribution in [3.63, 3.8) is 0 Å². The number of likely N-dealkylation sites (tertiary alicyclic amines) is 2. The molecule has 132 valence electrons. The van der Waals surface area contributed by atoms with E-state index in [0.29, 0.717) is 18.8 Å². The van der Waals surface area contributed by atoms with Gasteiger partial charge in [-0.2, -0.15) is 0 Å². The van der Waals surface area contributed by atoms with Crippen LogP contribution in [0.25, 0.3) is 0 Å². The standard InChI is InChI=1S/C17H25N3O3S/c21-16(15-11-24-13-18-15)20-6-3-17(12-20)9-14(10-23-17)22-8-7-19-4-1-2-5-19/h11,13-14H,1-10,12H2/t14-,17+/m1/s1. The number of thiazole rings is 1. The fourth-order valence-corrected chi connectivity index (χ4v) is 4.57. The van der Waals surface area contributed by atoms with Crippen LogP contribution in [0.3, 0.4) is 0 Å². The van der Waals surface area contributed by atoms with Gasteiger partial charge in [0, 0.05) is 24.9 Å². The highest BCUT2D eigenvalue weighted by atomic mass is 32.1. The van der Waals surface area contributed by atoms with Crippen LogP contribution in [0.15, 0.2) is 10.9 Å². The van der Waals surface area contributed by atoms with Crippen LogP contribution in [0.2, 0.25) is 0 Å². The summed E-state index contributed by atoms with van der Waals surface area (Å²) in [4.78, 5) is 20.9.